The number of para-hydroxylation sites is 1. The maximum atomic E-state index is 12.1. The van der Waals surface area contributed by atoms with Gasteiger partial charge in [0.2, 0.25) is 0 Å². The van der Waals surface area contributed by atoms with Crippen molar-refractivity contribution in [2.24, 2.45) is 0 Å². The summed E-state index contributed by atoms with van der Waals surface area (Å²) in [6.45, 7) is 1.33. The normalized spacial score (nSPS) is 16.8. The van der Waals surface area contributed by atoms with Gasteiger partial charge >= 0.3 is 0 Å². The summed E-state index contributed by atoms with van der Waals surface area (Å²) in [6.07, 6.45) is 0. The number of carbonyl (C=O) groups excluding carboxylic acids is 1. The zero-order valence-corrected chi connectivity index (χ0v) is 13.6. The van der Waals surface area contributed by atoms with E-state index in [2.05, 4.69) is 0 Å². The highest BCUT2D eigenvalue weighted by Gasteiger charge is 2.30. The Kier molecular flexibility index (Phi) is 5.38. The van der Waals surface area contributed by atoms with Gasteiger partial charge in [-0.2, -0.15) is 17.0 Å². The molecule has 0 unspecified atom stereocenters. The Hall–Kier alpha value is -1.64. The molecule has 1 fully saturated rings. The zero-order chi connectivity index (χ0) is 16.2. The van der Waals surface area contributed by atoms with E-state index >= 15 is 0 Å². The lowest BCUT2D eigenvalue weighted by atomic mass is 10.3. The van der Waals surface area contributed by atoms with Crippen LogP contribution in [0.2, 0.25) is 0 Å². The molecular formula is C14H21N3O4S. The number of hydrogen-bond acceptors (Lipinski definition) is 4. The largest absolute Gasteiger partial charge is 0.484 e. The van der Waals surface area contributed by atoms with Gasteiger partial charge in [-0.1, -0.05) is 18.2 Å². The number of nitrogens with zero attached hydrogens (tertiary/aromatic N) is 3. The van der Waals surface area contributed by atoms with Crippen molar-refractivity contribution in [2.45, 2.75) is 0 Å². The Morgan fingerprint density at radius 1 is 1.14 bits per heavy atom. The number of carbonyl (C=O) groups is 1. The van der Waals surface area contributed by atoms with E-state index in [0.29, 0.717) is 31.9 Å². The Labute approximate surface area is 131 Å². The first kappa shape index (κ1) is 16.7. The van der Waals surface area contributed by atoms with Gasteiger partial charge in [0.05, 0.1) is 0 Å². The number of rotatable bonds is 5. The molecule has 0 aromatic heterocycles. The van der Waals surface area contributed by atoms with Crippen molar-refractivity contribution in [3.8, 4) is 5.75 Å². The maximum Gasteiger partial charge on any atom is 0.281 e. The molecule has 1 saturated heterocycles. The van der Waals surface area contributed by atoms with Crippen molar-refractivity contribution >= 4 is 16.1 Å². The highest BCUT2D eigenvalue weighted by molar-refractivity contribution is 7.86. The van der Waals surface area contributed by atoms with Gasteiger partial charge in [-0.05, 0) is 12.1 Å². The second-order valence-corrected chi connectivity index (χ2v) is 7.31. The van der Waals surface area contributed by atoms with Gasteiger partial charge in [-0.15, -0.1) is 0 Å². The van der Waals surface area contributed by atoms with Gasteiger partial charge < -0.3 is 9.64 Å². The quantitative estimate of drug-likeness (QED) is 0.764. The summed E-state index contributed by atoms with van der Waals surface area (Å²) in [4.78, 5) is 13.7. The van der Waals surface area contributed by atoms with E-state index in [9.17, 15) is 13.2 Å². The average Bonchev–Trinajstić information content (AvgIpc) is 2.53. The molecule has 1 aliphatic heterocycles. The molecule has 0 saturated carbocycles. The number of hydrogen-bond donors (Lipinski definition) is 0. The van der Waals surface area contributed by atoms with Crippen molar-refractivity contribution in [2.75, 3.05) is 46.9 Å². The first-order valence-corrected chi connectivity index (χ1v) is 8.44. The van der Waals surface area contributed by atoms with Crippen LogP contribution in [0.15, 0.2) is 30.3 Å². The summed E-state index contributed by atoms with van der Waals surface area (Å²) in [5, 5.41) is 0. The third kappa shape index (κ3) is 3.96. The minimum Gasteiger partial charge on any atom is -0.484 e. The van der Waals surface area contributed by atoms with Crippen LogP contribution in [0.1, 0.15) is 0 Å². The smallest absolute Gasteiger partial charge is 0.281 e. The minimum absolute atomic E-state index is 0.0373. The van der Waals surface area contributed by atoms with E-state index in [-0.39, 0.29) is 12.5 Å². The number of piperazine rings is 1. The van der Waals surface area contributed by atoms with Crippen LogP contribution in [-0.4, -0.2) is 74.7 Å². The summed E-state index contributed by atoms with van der Waals surface area (Å²) in [6, 6.07) is 9.12. The van der Waals surface area contributed by atoms with Crippen LogP contribution in [0.5, 0.6) is 5.75 Å². The predicted octanol–water partition coefficient (Wildman–Crippen LogP) is 0.0160. The second kappa shape index (κ2) is 7.08. The van der Waals surface area contributed by atoms with Gasteiger partial charge in [0, 0.05) is 40.3 Å². The van der Waals surface area contributed by atoms with Crippen LogP contribution in [0, 0.1) is 0 Å². The molecule has 22 heavy (non-hydrogen) atoms. The van der Waals surface area contributed by atoms with Gasteiger partial charge in [0.25, 0.3) is 16.1 Å². The molecule has 122 valence electrons. The molecule has 2 rings (SSSR count). The summed E-state index contributed by atoms with van der Waals surface area (Å²) < 4.78 is 32.0. The lowest BCUT2D eigenvalue weighted by molar-refractivity contribution is -0.134. The summed E-state index contributed by atoms with van der Waals surface area (Å²) in [5.74, 6) is 0.510. The van der Waals surface area contributed by atoms with Crippen LogP contribution in [-0.2, 0) is 15.0 Å². The Morgan fingerprint density at radius 3 is 2.27 bits per heavy atom. The summed E-state index contributed by atoms with van der Waals surface area (Å²) >= 11 is 0. The van der Waals surface area contributed by atoms with E-state index in [1.54, 1.807) is 17.0 Å². The van der Waals surface area contributed by atoms with Crippen LogP contribution in [0.25, 0.3) is 0 Å². The summed E-state index contributed by atoms with van der Waals surface area (Å²) in [7, 11) is -0.406. The van der Waals surface area contributed by atoms with Gasteiger partial charge in [-0.3, -0.25) is 4.79 Å². The third-order valence-electron chi connectivity index (χ3n) is 3.48. The van der Waals surface area contributed by atoms with E-state index in [4.69, 9.17) is 4.74 Å². The average molecular weight is 327 g/mol. The zero-order valence-electron chi connectivity index (χ0n) is 12.8. The van der Waals surface area contributed by atoms with Crippen molar-refractivity contribution in [3.05, 3.63) is 30.3 Å². The van der Waals surface area contributed by atoms with E-state index in [1.807, 2.05) is 18.2 Å². The fraction of sp³-hybridized carbons (Fsp3) is 0.500. The molecule has 0 atom stereocenters. The van der Waals surface area contributed by atoms with Gasteiger partial charge in [0.1, 0.15) is 5.75 Å². The van der Waals surface area contributed by atoms with Crippen molar-refractivity contribution < 1.29 is 17.9 Å². The lowest BCUT2D eigenvalue weighted by Gasteiger charge is -2.35. The second-order valence-electron chi connectivity index (χ2n) is 5.17. The maximum absolute atomic E-state index is 12.1. The molecule has 0 radical (unpaired) electrons. The molecule has 1 amide bonds. The lowest BCUT2D eigenvalue weighted by Crippen LogP contribution is -2.53. The van der Waals surface area contributed by atoms with Crippen molar-refractivity contribution in [1.29, 1.82) is 0 Å². The molecule has 8 heteroatoms. The topological polar surface area (TPSA) is 70.2 Å². The third-order valence-corrected chi connectivity index (χ3v) is 5.43. The molecular weight excluding hydrogens is 306 g/mol. The van der Waals surface area contributed by atoms with Crippen molar-refractivity contribution in [3.63, 3.8) is 0 Å². The molecule has 1 aromatic rings. The first-order chi connectivity index (χ1) is 10.4. The molecule has 1 aliphatic rings. The first-order valence-electron chi connectivity index (χ1n) is 7.04. The molecule has 7 nitrogen and oxygen atoms in total. The molecule has 1 heterocycles. The van der Waals surface area contributed by atoms with Gasteiger partial charge in [-0.25, -0.2) is 0 Å². The Balaban J connectivity index is 1.83. The Morgan fingerprint density at radius 2 is 1.73 bits per heavy atom. The Bertz CT molecular complexity index is 596. The van der Waals surface area contributed by atoms with Crippen LogP contribution in [0.4, 0.5) is 0 Å². The molecule has 0 bridgehead atoms. The highest BCUT2D eigenvalue weighted by atomic mass is 32.2. The van der Waals surface area contributed by atoms with E-state index in [0.717, 1.165) is 0 Å². The number of benzene rings is 1. The predicted molar refractivity (Wildman–Crippen MR) is 82.7 cm³/mol. The highest BCUT2D eigenvalue weighted by Crippen LogP contribution is 2.11. The fourth-order valence-electron chi connectivity index (χ4n) is 2.15. The van der Waals surface area contributed by atoms with Crippen LogP contribution < -0.4 is 4.74 Å². The number of ether oxygens (including phenoxy) is 1. The van der Waals surface area contributed by atoms with Crippen LogP contribution in [0.3, 0.4) is 0 Å². The molecule has 1 aromatic carbocycles. The molecule has 0 aliphatic carbocycles. The van der Waals surface area contributed by atoms with Crippen LogP contribution >= 0.6 is 0 Å². The van der Waals surface area contributed by atoms with E-state index < -0.39 is 10.2 Å². The van der Waals surface area contributed by atoms with Crippen molar-refractivity contribution in [1.82, 2.24) is 13.5 Å². The fourth-order valence-corrected chi connectivity index (χ4v) is 3.24. The monoisotopic (exact) mass is 327 g/mol. The molecule has 0 N–H and O–H groups in total. The number of amides is 1. The van der Waals surface area contributed by atoms with E-state index in [1.165, 1.54) is 22.7 Å². The minimum atomic E-state index is -3.41. The van der Waals surface area contributed by atoms with Gasteiger partial charge in [0.15, 0.2) is 6.61 Å². The summed E-state index contributed by atoms with van der Waals surface area (Å²) in [5.41, 5.74) is 0. The molecule has 0 spiro atoms. The standard InChI is InChI=1S/C14H21N3O4S/c1-15(2)22(19,20)17-10-8-16(9-11-17)14(18)12-21-13-6-4-3-5-7-13/h3-7H,8-12H2,1-2H3. The SMILES string of the molecule is CN(C)S(=O)(=O)N1CCN(C(=O)COc2ccccc2)CC1.